The molecule has 3 aromatic rings. The second-order valence-corrected chi connectivity index (χ2v) is 9.01. The standard InChI is InChI=1S/C19H22N5O5PS.BrH/c1-12-17(31-11-24(12)10-14-9-22-13(2)23-18(14)20)7-8-28-30(26,27)29-16-6-4-3-5-15(16)19(21)25;/h3-6,9,11H,7-8,10H2,1-2H3,(H4-,20,21,22,23,25,26,27);1H. The van der Waals surface area contributed by atoms with Crippen LogP contribution in [0.1, 0.15) is 32.3 Å². The highest BCUT2D eigenvalue weighted by molar-refractivity contribution is 7.47. The monoisotopic (exact) mass is 543 g/mol. The zero-order valence-corrected chi connectivity index (χ0v) is 20.7. The molecule has 5 N–H and O–H groups in total. The molecule has 2 heterocycles. The highest BCUT2D eigenvalue weighted by Crippen LogP contribution is 2.44. The molecule has 32 heavy (non-hydrogen) atoms. The molecule has 1 aromatic carbocycles. The maximum Gasteiger partial charge on any atom is 0.527 e. The number of aryl methyl sites for hydroxylation is 1. The van der Waals surface area contributed by atoms with Gasteiger partial charge in [-0.15, -0.1) is 0 Å². The fourth-order valence-electron chi connectivity index (χ4n) is 2.82. The Morgan fingerprint density at radius 3 is 2.72 bits per heavy atom. The number of nitrogens with zero attached hydrogens (tertiary/aromatic N) is 3. The third kappa shape index (κ3) is 6.57. The van der Waals surface area contributed by atoms with Crippen LogP contribution in [0.2, 0.25) is 0 Å². The molecule has 1 unspecified atom stereocenters. The SMILES string of the molecule is Cc1ncc(C[n+]2csc(CCOP(=O)(O)Oc3ccccc3C(N)=O)c2C)c(N)n1.[Br-]. The molecule has 10 nitrogen and oxygen atoms in total. The van der Waals surface area contributed by atoms with E-state index in [2.05, 4.69) is 9.97 Å². The lowest BCUT2D eigenvalue weighted by molar-refractivity contribution is -0.689. The molecule has 2 aromatic heterocycles. The third-order valence-electron chi connectivity index (χ3n) is 4.47. The average molecular weight is 544 g/mol. The van der Waals surface area contributed by atoms with Crippen LogP contribution in [-0.4, -0.2) is 27.4 Å². The van der Waals surface area contributed by atoms with E-state index in [1.54, 1.807) is 25.3 Å². The number of primary amides is 1. The minimum absolute atomic E-state index is 0. The second kappa shape index (κ2) is 11.0. The van der Waals surface area contributed by atoms with Crippen molar-refractivity contribution < 1.29 is 44.8 Å². The van der Waals surface area contributed by atoms with Crippen molar-refractivity contribution in [2.75, 3.05) is 12.3 Å². The molecule has 172 valence electrons. The van der Waals surface area contributed by atoms with Gasteiger partial charge < -0.3 is 33.0 Å². The maximum absolute atomic E-state index is 12.3. The van der Waals surface area contributed by atoms with Crippen LogP contribution in [-0.2, 0) is 22.1 Å². The number of phosphoric acid groups is 1. The van der Waals surface area contributed by atoms with Crippen LogP contribution in [0.15, 0.2) is 36.0 Å². The minimum Gasteiger partial charge on any atom is -1.00 e. The predicted octanol–water partition coefficient (Wildman–Crippen LogP) is -1.09. The van der Waals surface area contributed by atoms with Crippen LogP contribution < -0.4 is 37.5 Å². The Labute approximate surface area is 199 Å². The third-order valence-corrected chi connectivity index (χ3v) is 6.55. The Hall–Kier alpha value is -2.37. The van der Waals surface area contributed by atoms with E-state index >= 15 is 0 Å². The van der Waals surface area contributed by atoms with Gasteiger partial charge in [-0.25, -0.2) is 14.5 Å². The van der Waals surface area contributed by atoms with E-state index in [9.17, 15) is 14.3 Å². The predicted molar refractivity (Wildman–Crippen MR) is 115 cm³/mol. The first-order valence-electron chi connectivity index (χ1n) is 9.26. The zero-order chi connectivity index (χ0) is 22.6. The first kappa shape index (κ1) is 25.9. The van der Waals surface area contributed by atoms with E-state index in [0.29, 0.717) is 24.6 Å². The summed E-state index contributed by atoms with van der Waals surface area (Å²) in [7, 11) is -4.44. The molecule has 0 aliphatic rings. The number of rotatable bonds is 9. The lowest BCUT2D eigenvalue weighted by atomic mass is 10.2. The normalized spacial score (nSPS) is 12.6. The van der Waals surface area contributed by atoms with Crippen molar-refractivity contribution >= 4 is 30.9 Å². The van der Waals surface area contributed by atoms with Crippen molar-refractivity contribution in [1.29, 1.82) is 0 Å². The number of para-hydroxylation sites is 1. The largest absolute Gasteiger partial charge is 1.00 e. The van der Waals surface area contributed by atoms with Crippen molar-refractivity contribution in [3.05, 3.63) is 63.5 Å². The number of thiazole rings is 1. The van der Waals surface area contributed by atoms with Crippen molar-refractivity contribution in [3.8, 4) is 5.75 Å². The summed E-state index contributed by atoms with van der Waals surface area (Å²) in [6, 6.07) is 5.90. The number of benzene rings is 1. The molecule has 1 amide bonds. The number of halogens is 1. The van der Waals surface area contributed by atoms with Crippen molar-refractivity contribution in [2.45, 2.75) is 26.8 Å². The number of amides is 1. The molecule has 0 fully saturated rings. The van der Waals surface area contributed by atoms with Crippen LogP contribution in [0.25, 0.3) is 0 Å². The van der Waals surface area contributed by atoms with Crippen LogP contribution in [0.5, 0.6) is 5.75 Å². The smallest absolute Gasteiger partial charge is 0.527 e. The molecule has 0 aliphatic carbocycles. The molecule has 1 atom stereocenters. The molecule has 13 heteroatoms. The quantitative estimate of drug-likeness (QED) is 0.227. The fraction of sp³-hybridized carbons (Fsp3) is 0.263. The molecule has 0 spiro atoms. The highest BCUT2D eigenvalue weighted by Gasteiger charge is 2.26. The summed E-state index contributed by atoms with van der Waals surface area (Å²) in [5, 5.41) is 0. The van der Waals surface area contributed by atoms with Crippen LogP contribution >= 0.6 is 19.2 Å². The van der Waals surface area contributed by atoms with Gasteiger partial charge in [-0.3, -0.25) is 14.2 Å². The van der Waals surface area contributed by atoms with Crippen LogP contribution in [0.4, 0.5) is 5.82 Å². The summed E-state index contributed by atoms with van der Waals surface area (Å²) in [5.74, 6) is 0.170. The first-order chi connectivity index (χ1) is 14.7. The van der Waals surface area contributed by atoms with Gasteiger partial charge in [-0.1, -0.05) is 23.5 Å². The summed E-state index contributed by atoms with van der Waals surface area (Å²) in [6.07, 6.45) is 2.10. The first-order valence-corrected chi connectivity index (χ1v) is 11.6. The van der Waals surface area contributed by atoms with Gasteiger partial charge in [0.1, 0.15) is 17.4 Å². The molecular weight excluding hydrogens is 521 g/mol. The Balaban J connectivity index is 0.00000363. The number of anilines is 1. The van der Waals surface area contributed by atoms with Crippen LogP contribution in [0.3, 0.4) is 0 Å². The Morgan fingerprint density at radius 1 is 1.31 bits per heavy atom. The lowest BCUT2D eigenvalue weighted by Crippen LogP contribution is -3.00. The Bertz CT molecular complexity index is 1160. The van der Waals surface area contributed by atoms with Gasteiger partial charge in [0.05, 0.1) is 22.6 Å². The van der Waals surface area contributed by atoms with E-state index in [4.69, 9.17) is 20.5 Å². The summed E-state index contributed by atoms with van der Waals surface area (Å²) in [6.45, 7) is 4.18. The van der Waals surface area contributed by atoms with E-state index < -0.39 is 13.7 Å². The number of nitrogens with two attached hydrogens (primary N) is 2. The van der Waals surface area contributed by atoms with Gasteiger partial charge in [0, 0.05) is 19.5 Å². The van der Waals surface area contributed by atoms with E-state index in [1.165, 1.54) is 23.5 Å². The number of nitrogen functional groups attached to an aromatic ring is 1. The topological polar surface area (TPSA) is 155 Å². The molecular formula is C19H23BrN5O5PS. The Kier molecular flexibility index (Phi) is 8.88. The number of carbonyl (C=O) groups is 1. The zero-order valence-electron chi connectivity index (χ0n) is 17.4. The van der Waals surface area contributed by atoms with Gasteiger partial charge >= 0.3 is 7.82 Å². The molecule has 0 saturated heterocycles. The van der Waals surface area contributed by atoms with Gasteiger partial charge in [0.2, 0.25) is 5.51 Å². The lowest BCUT2D eigenvalue weighted by Gasteiger charge is -2.14. The van der Waals surface area contributed by atoms with Crippen molar-refractivity contribution in [2.24, 2.45) is 5.73 Å². The number of carbonyl (C=O) groups excluding carboxylic acids is 1. The summed E-state index contributed by atoms with van der Waals surface area (Å²) < 4.78 is 24.4. The second-order valence-electron chi connectivity index (χ2n) is 6.69. The van der Waals surface area contributed by atoms with Gasteiger partial charge in [-0.2, -0.15) is 4.57 Å². The van der Waals surface area contributed by atoms with Crippen molar-refractivity contribution in [1.82, 2.24) is 9.97 Å². The number of phosphoric ester groups is 1. The van der Waals surface area contributed by atoms with E-state index in [-0.39, 0.29) is 34.9 Å². The summed E-state index contributed by atoms with van der Waals surface area (Å²) in [4.78, 5) is 30.8. The number of aromatic nitrogens is 3. The molecule has 0 radical (unpaired) electrons. The molecule has 0 saturated carbocycles. The van der Waals surface area contributed by atoms with Gasteiger partial charge in [-0.05, 0) is 19.1 Å². The summed E-state index contributed by atoms with van der Waals surface area (Å²) in [5.41, 5.74) is 14.9. The van der Waals surface area contributed by atoms with Gasteiger partial charge in [0.15, 0.2) is 12.2 Å². The number of hydrogen-bond donors (Lipinski definition) is 3. The minimum atomic E-state index is -4.44. The number of hydrogen-bond acceptors (Lipinski definition) is 8. The van der Waals surface area contributed by atoms with E-state index in [1.807, 2.05) is 17.0 Å². The molecule has 3 rings (SSSR count). The summed E-state index contributed by atoms with van der Waals surface area (Å²) >= 11 is 1.49. The van der Waals surface area contributed by atoms with E-state index in [0.717, 1.165) is 16.1 Å². The fourth-order valence-corrected chi connectivity index (χ4v) is 4.58. The molecule has 0 bridgehead atoms. The average Bonchev–Trinajstić information content (AvgIpc) is 3.03. The maximum atomic E-state index is 12.3. The van der Waals surface area contributed by atoms with Gasteiger partial charge in [0.25, 0.3) is 5.91 Å². The molecule has 0 aliphatic heterocycles. The van der Waals surface area contributed by atoms with Crippen LogP contribution in [0, 0.1) is 13.8 Å². The Morgan fingerprint density at radius 2 is 2.03 bits per heavy atom. The highest BCUT2D eigenvalue weighted by atomic mass is 79.9. The van der Waals surface area contributed by atoms with Crippen molar-refractivity contribution in [3.63, 3.8) is 0 Å².